The predicted molar refractivity (Wildman–Crippen MR) is 76.7 cm³/mol. The zero-order valence-corrected chi connectivity index (χ0v) is 11.9. The molecule has 0 radical (unpaired) electrons. The average Bonchev–Trinajstić information content (AvgIpc) is 2.40. The van der Waals surface area contributed by atoms with Crippen LogP contribution in [0.5, 0.6) is 0 Å². The largest absolute Gasteiger partial charge is 0.385 e. The molecule has 1 heterocycles. The number of hydrogen-bond acceptors (Lipinski definition) is 3. The van der Waals surface area contributed by atoms with Crippen molar-refractivity contribution in [1.29, 1.82) is 0 Å². The second-order valence-corrected chi connectivity index (χ2v) is 5.01. The van der Waals surface area contributed by atoms with Crippen LogP contribution in [0.15, 0.2) is 18.2 Å². The van der Waals surface area contributed by atoms with Crippen molar-refractivity contribution in [3.05, 3.63) is 29.3 Å². The summed E-state index contributed by atoms with van der Waals surface area (Å²) < 4.78 is 5.49. The third-order valence-corrected chi connectivity index (χ3v) is 3.30. The fraction of sp³-hybridized carbons (Fsp3) is 0.533. The fourth-order valence-electron chi connectivity index (χ4n) is 2.35. The smallest absolute Gasteiger partial charge is 0.256 e. The molecule has 0 bridgehead atoms. The van der Waals surface area contributed by atoms with Crippen LogP contribution in [-0.2, 0) is 4.74 Å². The minimum atomic E-state index is 0.0924. The second kappa shape index (κ2) is 6.06. The molecule has 4 nitrogen and oxygen atoms in total. The first kappa shape index (κ1) is 13.9. The molecule has 19 heavy (non-hydrogen) atoms. The monoisotopic (exact) mass is 262 g/mol. The molecule has 2 rings (SSSR count). The minimum absolute atomic E-state index is 0.0924. The average molecular weight is 262 g/mol. The molecule has 1 saturated heterocycles. The third-order valence-electron chi connectivity index (χ3n) is 3.30. The van der Waals surface area contributed by atoms with Crippen molar-refractivity contribution in [2.45, 2.75) is 26.9 Å². The van der Waals surface area contributed by atoms with Gasteiger partial charge in [-0.05, 0) is 32.9 Å². The van der Waals surface area contributed by atoms with Gasteiger partial charge in [0.15, 0.2) is 0 Å². The van der Waals surface area contributed by atoms with E-state index in [-0.39, 0.29) is 12.0 Å². The van der Waals surface area contributed by atoms with Gasteiger partial charge in [0.2, 0.25) is 0 Å². The summed E-state index contributed by atoms with van der Waals surface area (Å²) in [6.45, 7) is 8.80. The van der Waals surface area contributed by atoms with E-state index >= 15 is 0 Å². The van der Waals surface area contributed by atoms with Crippen LogP contribution in [0.25, 0.3) is 0 Å². The normalized spacial score (nSPS) is 19.3. The number of anilines is 1. The Hall–Kier alpha value is -1.55. The van der Waals surface area contributed by atoms with Gasteiger partial charge in [-0.25, -0.2) is 0 Å². The molecular formula is C15H22N2O2. The molecule has 1 unspecified atom stereocenters. The van der Waals surface area contributed by atoms with Gasteiger partial charge in [-0.2, -0.15) is 0 Å². The molecular weight excluding hydrogens is 240 g/mol. The van der Waals surface area contributed by atoms with Crippen molar-refractivity contribution in [1.82, 2.24) is 4.90 Å². The molecule has 0 spiro atoms. The standard InChI is InChI=1S/C15H22N2O2/c1-4-16-14-6-5-11(2)9-13(14)15(18)17-7-8-19-12(3)10-17/h5-6,9,12,16H,4,7-8,10H2,1-3H3. The van der Waals surface area contributed by atoms with Crippen LogP contribution in [0, 0.1) is 6.92 Å². The summed E-state index contributed by atoms with van der Waals surface area (Å²) in [4.78, 5) is 14.5. The molecule has 0 aliphatic carbocycles. The van der Waals surface area contributed by atoms with Crippen LogP contribution in [-0.4, -0.2) is 43.2 Å². The highest BCUT2D eigenvalue weighted by Crippen LogP contribution is 2.20. The van der Waals surface area contributed by atoms with Crippen LogP contribution < -0.4 is 5.32 Å². The maximum Gasteiger partial charge on any atom is 0.256 e. The van der Waals surface area contributed by atoms with Crippen molar-refractivity contribution in [2.75, 3.05) is 31.6 Å². The van der Waals surface area contributed by atoms with Gasteiger partial charge in [0.1, 0.15) is 0 Å². The molecule has 1 atom stereocenters. The van der Waals surface area contributed by atoms with Crippen molar-refractivity contribution in [3.8, 4) is 0 Å². The van der Waals surface area contributed by atoms with Gasteiger partial charge in [0.05, 0.1) is 18.3 Å². The van der Waals surface area contributed by atoms with E-state index in [4.69, 9.17) is 4.74 Å². The van der Waals surface area contributed by atoms with Crippen molar-refractivity contribution in [3.63, 3.8) is 0 Å². The number of nitrogens with zero attached hydrogens (tertiary/aromatic N) is 1. The van der Waals surface area contributed by atoms with E-state index in [9.17, 15) is 4.79 Å². The van der Waals surface area contributed by atoms with Crippen molar-refractivity contribution in [2.24, 2.45) is 0 Å². The number of nitrogens with one attached hydrogen (secondary N) is 1. The lowest BCUT2D eigenvalue weighted by molar-refractivity contribution is -0.0123. The first-order chi connectivity index (χ1) is 9.11. The maximum absolute atomic E-state index is 12.6. The molecule has 1 N–H and O–H groups in total. The summed E-state index contributed by atoms with van der Waals surface area (Å²) >= 11 is 0. The summed E-state index contributed by atoms with van der Waals surface area (Å²) in [5.41, 5.74) is 2.78. The highest BCUT2D eigenvalue weighted by molar-refractivity contribution is 5.99. The zero-order chi connectivity index (χ0) is 13.8. The number of benzene rings is 1. The fourth-order valence-corrected chi connectivity index (χ4v) is 2.35. The van der Waals surface area contributed by atoms with Gasteiger partial charge in [-0.1, -0.05) is 11.6 Å². The summed E-state index contributed by atoms with van der Waals surface area (Å²) in [6.07, 6.45) is 0.116. The van der Waals surface area contributed by atoms with E-state index in [1.807, 2.05) is 43.9 Å². The molecule has 0 aromatic heterocycles. The Kier molecular flexibility index (Phi) is 4.43. The quantitative estimate of drug-likeness (QED) is 0.908. The zero-order valence-electron chi connectivity index (χ0n) is 11.9. The second-order valence-electron chi connectivity index (χ2n) is 5.01. The first-order valence-corrected chi connectivity index (χ1v) is 6.87. The number of amides is 1. The van der Waals surface area contributed by atoms with Crippen LogP contribution in [0.4, 0.5) is 5.69 Å². The van der Waals surface area contributed by atoms with Crippen molar-refractivity contribution >= 4 is 11.6 Å². The van der Waals surface area contributed by atoms with E-state index in [1.165, 1.54) is 0 Å². The molecule has 1 aliphatic heterocycles. The number of carbonyl (C=O) groups excluding carboxylic acids is 1. The number of rotatable bonds is 3. The first-order valence-electron chi connectivity index (χ1n) is 6.87. The maximum atomic E-state index is 12.6. The Bertz CT molecular complexity index is 459. The van der Waals surface area contributed by atoms with Gasteiger partial charge >= 0.3 is 0 Å². The lowest BCUT2D eigenvalue weighted by Crippen LogP contribution is -2.44. The van der Waals surface area contributed by atoms with Crippen LogP contribution in [0.2, 0.25) is 0 Å². The van der Waals surface area contributed by atoms with Gasteiger partial charge < -0.3 is 15.0 Å². The molecule has 1 aromatic carbocycles. The highest BCUT2D eigenvalue weighted by Gasteiger charge is 2.24. The van der Waals surface area contributed by atoms with E-state index in [0.717, 1.165) is 23.4 Å². The van der Waals surface area contributed by atoms with Gasteiger partial charge in [-0.3, -0.25) is 4.79 Å². The topological polar surface area (TPSA) is 41.6 Å². The molecule has 4 heteroatoms. The Labute approximate surface area is 114 Å². The van der Waals surface area contributed by atoms with E-state index in [2.05, 4.69) is 5.32 Å². The summed E-state index contributed by atoms with van der Waals surface area (Å²) in [5.74, 6) is 0.0924. The molecule has 1 fully saturated rings. The Morgan fingerprint density at radius 3 is 3.00 bits per heavy atom. The number of aryl methyl sites for hydroxylation is 1. The Balaban J connectivity index is 2.24. The van der Waals surface area contributed by atoms with Gasteiger partial charge in [0, 0.05) is 25.3 Å². The van der Waals surface area contributed by atoms with Crippen LogP contribution >= 0.6 is 0 Å². The lowest BCUT2D eigenvalue weighted by Gasteiger charge is -2.31. The Morgan fingerprint density at radius 1 is 1.53 bits per heavy atom. The Morgan fingerprint density at radius 2 is 2.32 bits per heavy atom. The summed E-state index contributed by atoms with van der Waals surface area (Å²) in [5, 5.41) is 3.26. The number of hydrogen-bond donors (Lipinski definition) is 1. The SMILES string of the molecule is CCNc1ccc(C)cc1C(=O)N1CCOC(C)C1. The molecule has 1 aliphatic rings. The number of carbonyl (C=O) groups is 1. The molecule has 0 saturated carbocycles. The number of ether oxygens (including phenoxy) is 1. The molecule has 1 amide bonds. The van der Waals surface area contributed by atoms with E-state index < -0.39 is 0 Å². The third kappa shape index (κ3) is 3.26. The molecule has 1 aromatic rings. The van der Waals surface area contributed by atoms with Gasteiger partial charge in [0.25, 0.3) is 5.91 Å². The minimum Gasteiger partial charge on any atom is -0.385 e. The van der Waals surface area contributed by atoms with Crippen molar-refractivity contribution < 1.29 is 9.53 Å². The highest BCUT2D eigenvalue weighted by atomic mass is 16.5. The van der Waals surface area contributed by atoms with Gasteiger partial charge in [-0.15, -0.1) is 0 Å². The predicted octanol–water partition coefficient (Wildman–Crippen LogP) is 2.29. The van der Waals surface area contributed by atoms with E-state index in [0.29, 0.717) is 19.7 Å². The number of morpholine rings is 1. The lowest BCUT2D eigenvalue weighted by atomic mass is 10.1. The van der Waals surface area contributed by atoms with Crippen LogP contribution in [0.1, 0.15) is 29.8 Å². The van der Waals surface area contributed by atoms with E-state index in [1.54, 1.807) is 0 Å². The summed E-state index contributed by atoms with van der Waals surface area (Å²) in [7, 11) is 0. The van der Waals surface area contributed by atoms with Crippen LogP contribution in [0.3, 0.4) is 0 Å². The molecule has 104 valence electrons. The summed E-state index contributed by atoms with van der Waals surface area (Å²) in [6, 6.07) is 5.97.